The van der Waals surface area contributed by atoms with E-state index in [1.54, 1.807) is 23.0 Å². The molecule has 0 spiro atoms. The lowest BCUT2D eigenvalue weighted by molar-refractivity contribution is 0.0593. The Labute approximate surface area is 171 Å². The number of carbonyl (C=O) groups is 1. The summed E-state index contributed by atoms with van der Waals surface area (Å²) in [7, 11) is 0. The molecule has 4 rings (SSSR count). The second-order valence-electron chi connectivity index (χ2n) is 7.32. The first kappa shape index (κ1) is 19.4. The van der Waals surface area contributed by atoms with Gasteiger partial charge in [-0.05, 0) is 26.7 Å². The molecule has 3 heterocycles. The van der Waals surface area contributed by atoms with Crippen molar-refractivity contribution in [2.75, 3.05) is 5.32 Å². The highest BCUT2D eigenvalue weighted by Gasteiger charge is 2.38. The third kappa shape index (κ3) is 4.12. The summed E-state index contributed by atoms with van der Waals surface area (Å²) in [6.07, 6.45) is 2.86. The summed E-state index contributed by atoms with van der Waals surface area (Å²) in [6.45, 7) is 3.63. The van der Waals surface area contributed by atoms with Crippen LogP contribution in [0, 0.1) is 0 Å². The Balaban J connectivity index is 1.44. The van der Waals surface area contributed by atoms with Crippen molar-refractivity contribution in [3.8, 4) is 0 Å². The largest absolute Gasteiger partial charge is 0.443 e. The number of H-pyrrole nitrogens is 1. The third-order valence-corrected chi connectivity index (χ3v) is 5.04. The zero-order valence-corrected chi connectivity index (χ0v) is 16.7. The quantitative estimate of drug-likeness (QED) is 0.581. The van der Waals surface area contributed by atoms with Crippen molar-refractivity contribution in [2.45, 2.75) is 50.9 Å². The normalized spacial score (nSPS) is 21.6. The fourth-order valence-electron chi connectivity index (χ4n) is 3.46. The number of rotatable bonds is 5. The molecule has 3 atom stereocenters. The fraction of sp³-hybridized carbons (Fsp3) is 0.444. The minimum Gasteiger partial charge on any atom is -0.443 e. The topological polar surface area (TPSA) is 109 Å². The van der Waals surface area contributed by atoms with Gasteiger partial charge in [0.1, 0.15) is 17.8 Å². The van der Waals surface area contributed by atoms with Crippen molar-refractivity contribution < 1.29 is 13.9 Å². The van der Waals surface area contributed by atoms with E-state index in [1.807, 2.05) is 13.8 Å². The van der Waals surface area contributed by atoms with E-state index in [0.717, 1.165) is 5.69 Å². The molecule has 29 heavy (non-hydrogen) atoms. The van der Waals surface area contributed by atoms with Crippen LogP contribution < -0.4 is 10.6 Å². The Hall–Kier alpha value is -2.88. The van der Waals surface area contributed by atoms with E-state index in [1.165, 1.54) is 6.20 Å². The summed E-state index contributed by atoms with van der Waals surface area (Å²) in [5.41, 5.74) is 1.39. The van der Waals surface area contributed by atoms with Gasteiger partial charge in [0.2, 0.25) is 0 Å². The van der Waals surface area contributed by atoms with Crippen molar-refractivity contribution in [1.29, 1.82) is 0 Å². The van der Waals surface area contributed by atoms with Crippen molar-refractivity contribution in [2.24, 2.45) is 0 Å². The zero-order chi connectivity index (χ0) is 20.5. The lowest BCUT2D eigenvalue weighted by atomic mass is 10.0. The molecule has 154 valence electrons. The molecule has 1 aliphatic rings. The van der Waals surface area contributed by atoms with Gasteiger partial charge in [-0.1, -0.05) is 11.6 Å². The number of hydrogen-bond donors (Lipinski definition) is 3. The van der Waals surface area contributed by atoms with Gasteiger partial charge in [-0.15, -0.1) is 0 Å². The predicted octanol–water partition coefficient (Wildman–Crippen LogP) is 3.57. The minimum atomic E-state index is -1.22. The average Bonchev–Trinajstić information content (AvgIpc) is 3.35. The maximum absolute atomic E-state index is 14.4. The molecule has 3 aromatic heterocycles. The van der Waals surface area contributed by atoms with Gasteiger partial charge >= 0.3 is 6.09 Å². The molecule has 3 aromatic rings. The predicted molar refractivity (Wildman–Crippen MR) is 105 cm³/mol. The van der Waals surface area contributed by atoms with Crippen LogP contribution in [0.15, 0.2) is 24.7 Å². The number of hydrogen-bond acceptors (Lipinski definition) is 6. The molecule has 0 radical (unpaired) electrons. The van der Waals surface area contributed by atoms with Gasteiger partial charge in [0.15, 0.2) is 11.6 Å². The SMILES string of the molecule is CC(C)NC(=O)O[C@H]1C[C@@H](c2cc(Nc3nccn4ncc(Cl)c34)n[nH]2)C[C@H]1F. The molecule has 0 aliphatic heterocycles. The third-order valence-electron chi connectivity index (χ3n) is 4.77. The summed E-state index contributed by atoms with van der Waals surface area (Å²) in [4.78, 5) is 16.1. The molecule has 0 aromatic carbocycles. The number of amides is 1. The van der Waals surface area contributed by atoms with Crippen LogP contribution in [0.3, 0.4) is 0 Å². The standard InChI is InChI=1S/C18H21ClFN7O2/c1-9(2)23-18(28)29-14-6-10(5-12(14)20)13-7-15(26-25-13)24-17-16-11(19)8-22-27(16)4-3-21-17/h3-4,7-10,12,14H,5-6H2,1-2H3,(H,23,28)(H2,21,24,25,26)/t10-,12+,14-/m0/s1. The van der Waals surface area contributed by atoms with Crippen LogP contribution in [-0.4, -0.2) is 49.2 Å². The maximum Gasteiger partial charge on any atom is 0.407 e. The van der Waals surface area contributed by atoms with Crippen LogP contribution >= 0.6 is 11.6 Å². The van der Waals surface area contributed by atoms with E-state index < -0.39 is 18.4 Å². The van der Waals surface area contributed by atoms with Gasteiger partial charge in [0.05, 0.1) is 11.2 Å². The van der Waals surface area contributed by atoms with Gasteiger partial charge in [-0.2, -0.15) is 10.2 Å². The lowest BCUT2D eigenvalue weighted by Crippen LogP contribution is -2.35. The number of alkyl halides is 1. The number of alkyl carbamates (subject to hydrolysis) is 1. The van der Waals surface area contributed by atoms with Crippen molar-refractivity contribution >= 4 is 34.8 Å². The molecular formula is C18H21ClFN7O2. The lowest BCUT2D eigenvalue weighted by Gasteiger charge is -2.16. The summed E-state index contributed by atoms with van der Waals surface area (Å²) in [5.74, 6) is 0.900. The number of aromatic nitrogens is 5. The number of nitrogens with one attached hydrogen (secondary N) is 3. The molecule has 1 aliphatic carbocycles. The van der Waals surface area contributed by atoms with Crippen molar-refractivity contribution in [3.63, 3.8) is 0 Å². The van der Waals surface area contributed by atoms with Crippen LogP contribution in [0.1, 0.15) is 38.3 Å². The Morgan fingerprint density at radius 1 is 1.45 bits per heavy atom. The molecule has 1 amide bonds. The van der Waals surface area contributed by atoms with E-state index >= 15 is 0 Å². The van der Waals surface area contributed by atoms with Gasteiger partial charge in [-0.25, -0.2) is 18.7 Å². The first-order chi connectivity index (χ1) is 13.9. The Kier molecular flexibility index (Phi) is 5.27. The molecule has 11 heteroatoms. The number of anilines is 2. The van der Waals surface area contributed by atoms with E-state index in [2.05, 4.69) is 30.9 Å². The molecule has 1 saturated carbocycles. The van der Waals surface area contributed by atoms with Crippen molar-refractivity contribution in [1.82, 2.24) is 30.1 Å². The molecule has 0 bridgehead atoms. The number of carbonyl (C=O) groups excluding carboxylic acids is 1. The fourth-order valence-corrected chi connectivity index (χ4v) is 3.68. The Bertz CT molecular complexity index is 1020. The van der Waals surface area contributed by atoms with Gasteiger partial charge in [0, 0.05) is 36.1 Å². The summed E-state index contributed by atoms with van der Waals surface area (Å²) >= 11 is 6.18. The number of ether oxygens (including phenoxy) is 1. The first-order valence-corrected chi connectivity index (χ1v) is 9.70. The Morgan fingerprint density at radius 2 is 2.28 bits per heavy atom. The Morgan fingerprint density at radius 3 is 3.07 bits per heavy atom. The van der Waals surface area contributed by atoms with Crippen LogP contribution in [-0.2, 0) is 4.74 Å². The van der Waals surface area contributed by atoms with Gasteiger partial charge in [-0.3, -0.25) is 5.10 Å². The number of fused-ring (bicyclic) bond motifs is 1. The monoisotopic (exact) mass is 421 g/mol. The van der Waals surface area contributed by atoms with E-state index in [0.29, 0.717) is 28.6 Å². The average molecular weight is 422 g/mol. The number of nitrogens with zero attached hydrogens (tertiary/aromatic N) is 4. The smallest absolute Gasteiger partial charge is 0.407 e. The molecule has 0 saturated heterocycles. The highest BCUT2D eigenvalue weighted by molar-refractivity contribution is 6.34. The summed E-state index contributed by atoms with van der Waals surface area (Å²) < 4.78 is 21.2. The highest BCUT2D eigenvalue weighted by atomic mass is 35.5. The summed E-state index contributed by atoms with van der Waals surface area (Å²) in [6, 6.07) is 1.73. The van der Waals surface area contributed by atoms with Crippen molar-refractivity contribution in [3.05, 3.63) is 35.4 Å². The number of halogens is 2. The maximum atomic E-state index is 14.4. The van der Waals surface area contributed by atoms with Crippen LogP contribution in [0.4, 0.5) is 20.8 Å². The second kappa shape index (κ2) is 7.86. The van der Waals surface area contributed by atoms with E-state index in [9.17, 15) is 9.18 Å². The van der Waals surface area contributed by atoms with Crippen LogP contribution in [0.5, 0.6) is 0 Å². The van der Waals surface area contributed by atoms with E-state index in [-0.39, 0.29) is 18.4 Å². The number of aromatic amines is 1. The van der Waals surface area contributed by atoms with E-state index in [4.69, 9.17) is 16.3 Å². The molecular weight excluding hydrogens is 401 g/mol. The van der Waals surface area contributed by atoms with Crippen LogP contribution in [0.25, 0.3) is 5.52 Å². The molecule has 9 nitrogen and oxygen atoms in total. The zero-order valence-electron chi connectivity index (χ0n) is 15.9. The van der Waals surface area contributed by atoms with Gasteiger partial charge in [0.25, 0.3) is 0 Å². The van der Waals surface area contributed by atoms with Gasteiger partial charge < -0.3 is 15.4 Å². The minimum absolute atomic E-state index is 0.0682. The highest BCUT2D eigenvalue weighted by Crippen LogP contribution is 2.38. The molecule has 1 fully saturated rings. The summed E-state index contributed by atoms with van der Waals surface area (Å²) in [5, 5.41) is 17.5. The molecule has 0 unspecified atom stereocenters. The molecule has 3 N–H and O–H groups in total. The van der Waals surface area contributed by atoms with Crippen LogP contribution in [0.2, 0.25) is 5.02 Å². The second-order valence-corrected chi connectivity index (χ2v) is 7.73. The first-order valence-electron chi connectivity index (χ1n) is 9.32.